The van der Waals surface area contributed by atoms with Gasteiger partial charge in [0.05, 0.1) is 27.0 Å². The molecule has 3 heterocycles. The number of benzene rings is 2. The average Bonchev–Trinajstić information content (AvgIpc) is 3.05. The van der Waals surface area contributed by atoms with Crippen molar-refractivity contribution in [3.63, 3.8) is 0 Å². The number of nitrogens with zero attached hydrogens (tertiary/aromatic N) is 3. The Hall–Kier alpha value is -2.90. The first-order chi connectivity index (χ1) is 17.5. The van der Waals surface area contributed by atoms with Crippen LogP contribution in [0.4, 0.5) is 4.79 Å². The van der Waals surface area contributed by atoms with Gasteiger partial charge in [0.2, 0.25) is 0 Å². The monoisotopic (exact) mass is 522 g/mol. The lowest BCUT2D eigenvalue weighted by Crippen LogP contribution is -2.40. The molecule has 0 radical (unpaired) electrons. The van der Waals surface area contributed by atoms with Gasteiger partial charge in [0.25, 0.3) is 5.56 Å². The summed E-state index contributed by atoms with van der Waals surface area (Å²) in [6, 6.07) is 12.3. The lowest BCUT2D eigenvalue weighted by molar-refractivity contribution is 0.0520. The summed E-state index contributed by atoms with van der Waals surface area (Å²) >= 11 is 6.39. The quantitative estimate of drug-likeness (QED) is 0.497. The van der Waals surface area contributed by atoms with E-state index in [1.54, 1.807) is 6.07 Å². The summed E-state index contributed by atoms with van der Waals surface area (Å²) in [5, 5.41) is 3.75. The number of fused-ring (bicyclic) bond motifs is 5. The lowest BCUT2D eigenvalue weighted by Gasteiger charge is -2.32. The molecule has 1 N–H and O–H groups in total. The number of carbonyl (C=O) groups excluding carboxylic acids is 1. The number of hydrogen-bond acceptors (Lipinski definition) is 5. The molecule has 2 aromatic carbocycles. The van der Waals surface area contributed by atoms with E-state index in [-0.39, 0.29) is 11.7 Å². The zero-order valence-corrected chi connectivity index (χ0v) is 23.0. The molecule has 7 nitrogen and oxygen atoms in total. The summed E-state index contributed by atoms with van der Waals surface area (Å²) in [4.78, 5) is 31.7. The van der Waals surface area contributed by atoms with Crippen molar-refractivity contribution < 1.29 is 9.53 Å². The summed E-state index contributed by atoms with van der Waals surface area (Å²) in [5.74, 6) is 1.23. The lowest BCUT2D eigenvalue weighted by atomic mass is 9.81. The van der Waals surface area contributed by atoms with E-state index in [9.17, 15) is 9.59 Å². The number of likely N-dealkylation sites (tertiary alicyclic amines) is 1. The Balaban J connectivity index is 1.31. The molecule has 2 aliphatic heterocycles. The summed E-state index contributed by atoms with van der Waals surface area (Å²) in [6.45, 7) is 13.2. The molecular formula is C29H35ClN4O3. The van der Waals surface area contributed by atoms with Gasteiger partial charge in [-0.15, -0.1) is 0 Å². The summed E-state index contributed by atoms with van der Waals surface area (Å²) < 4.78 is 7.42. The standard InChI is InChI=1S/C29H35ClN4O3/c1-28(2,3)37-27(36)31-13-16-33-14-11-18(12-15-33)19-9-10-22-20(17-19)29(4,5)26-32-25(35)24-21(30)7-6-8-23(24)34(22)26/h6-10,17-18H,11-16H2,1-5H3,(H,31,36). The van der Waals surface area contributed by atoms with Crippen molar-refractivity contribution >= 4 is 28.6 Å². The van der Waals surface area contributed by atoms with Crippen LogP contribution < -0.4 is 10.9 Å². The zero-order chi connectivity index (χ0) is 26.5. The fourth-order valence-corrected chi connectivity index (χ4v) is 5.88. The highest BCUT2D eigenvalue weighted by Crippen LogP contribution is 2.44. The largest absolute Gasteiger partial charge is 0.444 e. The number of halogens is 1. The van der Waals surface area contributed by atoms with Gasteiger partial charge in [-0.1, -0.05) is 29.8 Å². The van der Waals surface area contributed by atoms with Crippen LogP contribution in [0.3, 0.4) is 0 Å². The minimum absolute atomic E-state index is 0.276. The zero-order valence-electron chi connectivity index (χ0n) is 22.2. The Morgan fingerprint density at radius 2 is 1.92 bits per heavy atom. The molecule has 5 rings (SSSR count). The molecule has 8 heteroatoms. The molecule has 1 aromatic heterocycles. The predicted octanol–water partition coefficient (Wildman–Crippen LogP) is 5.38. The molecule has 1 amide bonds. The van der Waals surface area contributed by atoms with Crippen LogP contribution in [-0.4, -0.2) is 52.3 Å². The van der Waals surface area contributed by atoms with Gasteiger partial charge in [-0.05, 0) is 95.8 Å². The average molecular weight is 523 g/mol. The number of amides is 1. The van der Waals surface area contributed by atoms with E-state index in [1.165, 1.54) is 11.1 Å². The van der Waals surface area contributed by atoms with Crippen LogP contribution in [-0.2, 0) is 10.2 Å². The molecule has 0 unspecified atom stereocenters. The molecule has 0 saturated carbocycles. The van der Waals surface area contributed by atoms with E-state index in [1.807, 2.05) is 32.9 Å². The summed E-state index contributed by atoms with van der Waals surface area (Å²) in [6.07, 6.45) is 1.76. The van der Waals surface area contributed by atoms with E-state index in [0.29, 0.717) is 22.9 Å². The van der Waals surface area contributed by atoms with Crippen molar-refractivity contribution in [3.8, 4) is 5.69 Å². The first-order valence-electron chi connectivity index (χ1n) is 13.0. The van der Waals surface area contributed by atoms with Gasteiger partial charge in [0.1, 0.15) is 11.4 Å². The third-order valence-electron chi connectivity index (χ3n) is 7.51. The summed E-state index contributed by atoms with van der Waals surface area (Å²) in [7, 11) is 0. The number of rotatable bonds is 4. The van der Waals surface area contributed by atoms with Gasteiger partial charge < -0.3 is 15.0 Å². The van der Waals surface area contributed by atoms with E-state index < -0.39 is 11.0 Å². The van der Waals surface area contributed by atoms with Gasteiger partial charge in [-0.3, -0.25) is 9.36 Å². The molecule has 196 valence electrons. The normalized spacial score (nSPS) is 17.5. The van der Waals surface area contributed by atoms with Crippen molar-refractivity contribution in [2.24, 2.45) is 0 Å². The number of ether oxygens (including phenoxy) is 1. The number of alkyl carbamates (subject to hydrolysis) is 1. The van der Waals surface area contributed by atoms with Crippen LogP contribution in [0.1, 0.15) is 70.3 Å². The van der Waals surface area contributed by atoms with Gasteiger partial charge in [-0.2, -0.15) is 4.98 Å². The van der Waals surface area contributed by atoms with Crippen LogP contribution in [0.15, 0.2) is 41.2 Å². The van der Waals surface area contributed by atoms with E-state index >= 15 is 0 Å². The van der Waals surface area contributed by atoms with Crippen LogP contribution in [0.25, 0.3) is 16.6 Å². The highest BCUT2D eigenvalue weighted by atomic mass is 35.5. The Bertz CT molecular complexity index is 1420. The SMILES string of the molecule is CC(C)(C)OC(=O)NCCN1CCC(c2ccc3c(c2)C(C)(C)c2nc(=O)c4c(Cl)cccc4n2-3)CC1. The van der Waals surface area contributed by atoms with Gasteiger partial charge in [-0.25, -0.2) is 4.79 Å². The van der Waals surface area contributed by atoms with Gasteiger partial charge in [0, 0.05) is 13.1 Å². The first kappa shape index (κ1) is 25.7. The maximum absolute atomic E-state index is 12.9. The van der Waals surface area contributed by atoms with Crippen molar-refractivity contribution in [3.05, 3.63) is 68.7 Å². The topological polar surface area (TPSA) is 76.5 Å². The minimum atomic E-state index is -0.486. The first-order valence-corrected chi connectivity index (χ1v) is 13.4. The Kier molecular flexibility index (Phi) is 6.57. The third kappa shape index (κ3) is 4.87. The van der Waals surface area contributed by atoms with Crippen molar-refractivity contribution in [1.82, 2.24) is 19.8 Å². The second-order valence-electron chi connectivity index (χ2n) is 11.7. The molecule has 0 bridgehead atoms. The Morgan fingerprint density at radius 1 is 1.19 bits per heavy atom. The number of nitrogens with one attached hydrogen (secondary N) is 1. The van der Waals surface area contributed by atoms with Gasteiger partial charge in [0.15, 0.2) is 0 Å². The van der Waals surface area contributed by atoms with Crippen molar-refractivity contribution in [2.75, 3.05) is 26.2 Å². The number of aromatic nitrogens is 2. The smallest absolute Gasteiger partial charge is 0.407 e. The molecule has 37 heavy (non-hydrogen) atoms. The maximum Gasteiger partial charge on any atom is 0.407 e. The number of carbonyl (C=O) groups is 1. The molecule has 1 fully saturated rings. The fourth-order valence-electron chi connectivity index (χ4n) is 5.63. The maximum atomic E-state index is 12.9. The highest BCUT2D eigenvalue weighted by molar-refractivity contribution is 6.35. The number of hydrogen-bond donors (Lipinski definition) is 1. The van der Waals surface area contributed by atoms with Crippen LogP contribution in [0.2, 0.25) is 5.02 Å². The third-order valence-corrected chi connectivity index (χ3v) is 7.83. The van der Waals surface area contributed by atoms with Crippen LogP contribution in [0, 0.1) is 0 Å². The molecule has 0 spiro atoms. The van der Waals surface area contributed by atoms with E-state index in [4.69, 9.17) is 16.3 Å². The van der Waals surface area contributed by atoms with Crippen LogP contribution >= 0.6 is 11.6 Å². The Morgan fingerprint density at radius 3 is 2.62 bits per heavy atom. The molecule has 0 aliphatic carbocycles. The van der Waals surface area contributed by atoms with E-state index in [2.05, 4.69) is 51.8 Å². The molecule has 2 aliphatic rings. The number of piperidine rings is 1. The molecule has 1 saturated heterocycles. The van der Waals surface area contributed by atoms with Crippen molar-refractivity contribution in [1.29, 1.82) is 0 Å². The van der Waals surface area contributed by atoms with Crippen LogP contribution in [0.5, 0.6) is 0 Å². The minimum Gasteiger partial charge on any atom is -0.444 e. The second kappa shape index (κ2) is 9.44. The molecular weight excluding hydrogens is 488 g/mol. The highest BCUT2D eigenvalue weighted by Gasteiger charge is 2.39. The molecule has 0 atom stereocenters. The van der Waals surface area contributed by atoms with E-state index in [0.717, 1.165) is 49.5 Å². The van der Waals surface area contributed by atoms with Gasteiger partial charge >= 0.3 is 6.09 Å². The second-order valence-corrected chi connectivity index (χ2v) is 12.1. The predicted molar refractivity (Wildman–Crippen MR) is 147 cm³/mol. The van der Waals surface area contributed by atoms with Crippen molar-refractivity contribution in [2.45, 2.75) is 64.4 Å². The summed E-state index contributed by atoms with van der Waals surface area (Å²) in [5.41, 5.74) is 3.23. The molecule has 3 aromatic rings. The Labute approximate surface area is 222 Å². The fraction of sp³-hybridized carbons (Fsp3) is 0.483.